The molecule has 0 aliphatic carbocycles. The number of nitriles is 1. The minimum Gasteiger partial charge on any atom is -0.494 e. The Morgan fingerprint density at radius 1 is 0.963 bits per heavy atom. The van der Waals surface area contributed by atoms with E-state index >= 15 is 0 Å². The fourth-order valence-electron chi connectivity index (χ4n) is 6.12. The van der Waals surface area contributed by atoms with Crippen LogP contribution in [0.3, 0.4) is 0 Å². The lowest BCUT2D eigenvalue weighted by atomic mass is 10.1. The van der Waals surface area contributed by atoms with Gasteiger partial charge in [-0.25, -0.2) is 0 Å². The number of alkyl halides is 3. The lowest BCUT2D eigenvalue weighted by Gasteiger charge is -2.34. The molecule has 3 aromatic carbocycles. The smallest absolute Gasteiger partial charge is 0.417 e. The Balaban J connectivity index is 0.956. The van der Waals surface area contributed by atoms with E-state index in [-0.39, 0.29) is 37.0 Å². The van der Waals surface area contributed by atoms with Crippen LogP contribution in [0.15, 0.2) is 66.7 Å². The Bertz CT molecular complexity index is 1840. The quantitative estimate of drug-likeness (QED) is 0.153. The molecule has 15 heteroatoms. The van der Waals surface area contributed by atoms with Gasteiger partial charge in [-0.1, -0.05) is 31.2 Å². The first-order valence-electron chi connectivity index (χ1n) is 17.8. The number of piperazine rings is 1. The Morgan fingerprint density at radius 3 is 2.41 bits per heavy atom. The molecule has 2 heterocycles. The predicted octanol–water partition coefficient (Wildman–Crippen LogP) is 4.28. The molecule has 2 atom stereocenters. The van der Waals surface area contributed by atoms with E-state index in [1.807, 2.05) is 48.5 Å². The van der Waals surface area contributed by atoms with Crippen molar-refractivity contribution >= 4 is 29.3 Å². The Morgan fingerprint density at radius 2 is 1.70 bits per heavy atom. The van der Waals surface area contributed by atoms with Gasteiger partial charge >= 0.3 is 6.18 Å². The van der Waals surface area contributed by atoms with Gasteiger partial charge in [0.15, 0.2) is 0 Å². The number of rotatable bonds is 15. The topological polar surface area (TPSA) is 153 Å². The molecule has 2 fully saturated rings. The van der Waals surface area contributed by atoms with E-state index in [2.05, 4.69) is 25.8 Å². The molecule has 5 rings (SSSR count). The molecule has 286 valence electrons. The number of ether oxygens (including phenoxy) is 2. The van der Waals surface area contributed by atoms with Crippen molar-refractivity contribution in [1.29, 1.82) is 5.26 Å². The number of anilines is 1. The molecule has 2 aliphatic rings. The van der Waals surface area contributed by atoms with E-state index < -0.39 is 41.1 Å². The molecule has 0 spiro atoms. The summed E-state index contributed by atoms with van der Waals surface area (Å²) in [5, 5.41) is 16.4. The highest BCUT2D eigenvalue weighted by Crippen LogP contribution is 2.33. The number of nitrogens with zero attached hydrogens (tertiary/aromatic N) is 3. The van der Waals surface area contributed by atoms with E-state index in [1.54, 1.807) is 6.92 Å². The van der Waals surface area contributed by atoms with Crippen molar-refractivity contribution < 1.29 is 41.8 Å². The maximum Gasteiger partial charge on any atom is 0.417 e. The van der Waals surface area contributed by atoms with Gasteiger partial charge in [-0.3, -0.25) is 29.4 Å². The van der Waals surface area contributed by atoms with Gasteiger partial charge in [-0.05, 0) is 66.4 Å². The molecule has 0 bridgehead atoms. The molecule has 3 aromatic rings. The van der Waals surface area contributed by atoms with Crippen LogP contribution in [0.2, 0.25) is 0 Å². The van der Waals surface area contributed by atoms with E-state index in [4.69, 9.17) is 14.7 Å². The lowest BCUT2D eigenvalue weighted by molar-refractivity contribution is -0.138. The summed E-state index contributed by atoms with van der Waals surface area (Å²) in [5.74, 6) is -1.01. The second-order valence-electron chi connectivity index (χ2n) is 13.4. The number of piperidine rings is 1. The van der Waals surface area contributed by atoms with Crippen molar-refractivity contribution in [3.63, 3.8) is 0 Å². The van der Waals surface area contributed by atoms with Crippen LogP contribution in [0.4, 0.5) is 18.9 Å². The lowest BCUT2D eigenvalue weighted by Crippen LogP contribution is -2.52. The van der Waals surface area contributed by atoms with Crippen molar-refractivity contribution in [2.24, 2.45) is 5.92 Å². The van der Waals surface area contributed by atoms with Gasteiger partial charge in [-0.2, -0.15) is 18.4 Å². The van der Waals surface area contributed by atoms with Crippen molar-refractivity contribution in [3.05, 3.63) is 89.0 Å². The monoisotopic (exact) mass is 748 g/mol. The minimum atomic E-state index is -4.72. The second-order valence-corrected chi connectivity index (χ2v) is 13.4. The maximum atomic E-state index is 13.3. The zero-order chi connectivity index (χ0) is 38.7. The third-order valence-corrected chi connectivity index (χ3v) is 9.18. The third kappa shape index (κ3) is 11.8. The normalized spacial score (nSPS) is 17.2. The summed E-state index contributed by atoms with van der Waals surface area (Å²) in [6.45, 7) is 7.54. The second kappa shape index (κ2) is 18.5. The van der Waals surface area contributed by atoms with Crippen LogP contribution < -0.4 is 25.4 Å². The summed E-state index contributed by atoms with van der Waals surface area (Å²) < 4.78 is 51.5. The van der Waals surface area contributed by atoms with Crippen molar-refractivity contribution in [2.75, 3.05) is 51.3 Å². The molecule has 0 saturated carbocycles. The summed E-state index contributed by atoms with van der Waals surface area (Å²) in [6.07, 6.45) is -3.28. The van der Waals surface area contributed by atoms with Gasteiger partial charge in [-0.15, -0.1) is 0 Å². The van der Waals surface area contributed by atoms with Crippen LogP contribution in [-0.2, 0) is 38.3 Å². The zero-order valence-corrected chi connectivity index (χ0v) is 29.9. The van der Waals surface area contributed by atoms with Gasteiger partial charge < -0.3 is 25.0 Å². The maximum absolute atomic E-state index is 13.3. The number of imide groups is 1. The molecule has 4 amide bonds. The summed E-state index contributed by atoms with van der Waals surface area (Å²) >= 11 is 0. The molecule has 2 aliphatic heterocycles. The SMILES string of the molecule is C[C@H](COc1ccc(CN2CCN(CCCOc3cccc(CC(=O)NC4CCC(=O)NC4=O)c3)CC2)cc1)C(=O)Nc1ccc(C#N)c(C(F)(F)F)c1. The summed E-state index contributed by atoms with van der Waals surface area (Å²) in [6, 6.07) is 18.8. The van der Waals surface area contributed by atoms with Gasteiger partial charge in [0, 0.05) is 51.4 Å². The fraction of sp³-hybridized carbons (Fsp3) is 0.410. The minimum absolute atomic E-state index is 0.0277. The molecule has 0 aromatic heterocycles. The molecule has 3 N–H and O–H groups in total. The number of benzene rings is 3. The van der Waals surface area contributed by atoms with E-state index in [0.717, 1.165) is 68.9 Å². The van der Waals surface area contributed by atoms with Crippen molar-refractivity contribution in [2.45, 2.75) is 51.4 Å². The number of nitrogens with one attached hydrogen (secondary N) is 3. The van der Waals surface area contributed by atoms with E-state index in [9.17, 15) is 32.3 Å². The molecular formula is C39H43F3N6O6. The first kappa shape index (κ1) is 39.7. The van der Waals surface area contributed by atoms with E-state index in [1.165, 1.54) is 12.1 Å². The number of hydrogen-bond donors (Lipinski definition) is 3. The number of amides is 4. The molecule has 0 radical (unpaired) electrons. The molecule has 1 unspecified atom stereocenters. The number of hydrogen-bond acceptors (Lipinski definition) is 9. The van der Waals surface area contributed by atoms with Crippen LogP contribution in [0.1, 0.15) is 48.4 Å². The number of carbonyl (C=O) groups excluding carboxylic acids is 4. The first-order valence-corrected chi connectivity index (χ1v) is 17.8. The highest BCUT2D eigenvalue weighted by molar-refractivity contribution is 6.01. The van der Waals surface area contributed by atoms with Gasteiger partial charge in [0.1, 0.15) is 17.5 Å². The zero-order valence-electron chi connectivity index (χ0n) is 29.9. The molecule has 2 saturated heterocycles. The van der Waals surface area contributed by atoms with E-state index in [0.29, 0.717) is 24.5 Å². The first-order chi connectivity index (χ1) is 25.9. The summed E-state index contributed by atoms with van der Waals surface area (Å²) in [7, 11) is 0. The summed E-state index contributed by atoms with van der Waals surface area (Å²) in [4.78, 5) is 53.1. The standard InChI is InChI=1S/C39H43F3N6O6/c1-26(37(51)44-30-9-8-29(23-43)33(22-30)39(40,41)42)25-54-31-10-6-27(7-11-31)24-48-17-15-47(16-18-48)14-3-19-53-32-5-2-4-28(20-32)21-36(50)45-34-12-13-35(49)46-38(34)52/h2,4-11,20,22,26,34H,3,12-19,21,24-25H2,1H3,(H,44,51)(H,45,50)(H,46,49,52)/t26-,34?/m1/s1. The van der Waals surface area contributed by atoms with Gasteiger partial charge in [0.25, 0.3) is 0 Å². The largest absolute Gasteiger partial charge is 0.494 e. The average molecular weight is 749 g/mol. The van der Waals surface area contributed by atoms with Gasteiger partial charge in [0.2, 0.25) is 23.6 Å². The highest BCUT2D eigenvalue weighted by Gasteiger charge is 2.34. The number of carbonyl (C=O) groups is 4. The van der Waals surface area contributed by atoms with Gasteiger partial charge in [0.05, 0.1) is 42.7 Å². The Labute approximate surface area is 311 Å². The van der Waals surface area contributed by atoms with Crippen LogP contribution in [-0.4, -0.2) is 85.4 Å². The summed E-state index contributed by atoms with van der Waals surface area (Å²) in [5.41, 5.74) is 0.216. The molecular weight excluding hydrogens is 705 g/mol. The Hall–Kier alpha value is -5.46. The van der Waals surface area contributed by atoms with Crippen LogP contribution in [0, 0.1) is 17.2 Å². The van der Waals surface area contributed by atoms with Crippen LogP contribution in [0.25, 0.3) is 0 Å². The Kier molecular flexibility index (Phi) is 13.6. The average Bonchev–Trinajstić information content (AvgIpc) is 3.14. The van der Waals surface area contributed by atoms with Crippen molar-refractivity contribution in [3.8, 4) is 17.6 Å². The number of halogens is 3. The third-order valence-electron chi connectivity index (χ3n) is 9.18. The molecule has 54 heavy (non-hydrogen) atoms. The van der Waals surface area contributed by atoms with Crippen LogP contribution in [0.5, 0.6) is 11.5 Å². The predicted molar refractivity (Wildman–Crippen MR) is 192 cm³/mol. The fourth-order valence-corrected chi connectivity index (χ4v) is 6.12. The van der Waals surface area contributed by atoms with Crippen LogP contribution >= 0.6 is 0 Å². The highest BCUT2D eigenvalue weighted by atomic mass is 19.4. The molecule has 12 nitrogen and oxygen atoms in total. The van der Waals surface area contributed by atoms with Crippen molar-refractivity contribution in [1.82, 2.24) is 20.4 Å².